The number of nitrogens with zero attached hydrogens (tertiary/aromatic N) is 3. The molecule has 0 saturated heterocycles. The van der Waals surface area contributed by atoms with Gasteiger partial charge in [-0.1, -0.05) is 40.2 Å². The van der Waals surface area contributed by atoms with Crippen LogP contribution in [0.1, 0.15) is 11.3 Å². The number of hydrogen-bond donors (Lipinski definition) is 1. The van der Waals surface area contributed by atoms with Crippen molar-refractivity contribution in [3.63, 3.8) is 0 Å². The molecule has 0 aliphatic heterocycles. The van der Waals surface area contributed by atoms with Crippen molar-refractivity contribution in [1.29, 1.82) is 0 Å². The Bertz CT molecular complexity index is 1140. The maximum atomic E-state index is 13.4. The van der Waals surface area contributed by atoms with Gasteiger partial charge in [-0.3, -0.25) is 4.79 Å². The molecule has 146 valence electrons. The van der Waals surface area contributed by atoms with Gasteiger partial charge in [-0.25, -0.2) is 14.1 Å². The van der Waals surface area contributed by atoms with Crippen molar-refractivity contribution >= 4 is 39.0 Å². The minimum absolute atomic E-state index is 0.134. The van der Waals surface area contributed by atoms with Crippen molar-refractivity contribution in [3.8, 4) is 10.6 Å². The molecule has 1 N–H and O–H groups in total. The quantitative estimate of drug-likeness (QED) is 0.424. The monoisotopic (exact) mass is 470 g/mol. The first kappa shape index (κ1) is 19.5. The van der Waals surface area contributed by atoms with Gasteiger partial charge in [0.05, 0.1) is 24.9 Å². The first-order chi connectivity index (χ1) is 14.1. The molecular weight excluding hydrogens is 455 g/mol. The number of anilines is 1. The minimum atomic E-state index is -0.309. The van der Waals surface area contributed by atoms with Gasteiger partial charge in [-0.05, 0) is 29.8 Å². The highest BCUT2D eigenvalue weighted by Crippen LogP contribution is 2.24. The summed E-state index contributed by atoms with van der Waals surface area (Å²) in [7, 11) is 0. The van der Waals surface area contributed by atoms with E-state index in [9.17, 15) is 9.18 Å². The summed E-state index contributed by atoms with van der Waals surface area (Å²) in [5, 5.41) is 9.68. The molecule has 4 aromatic rings. The molecule has 0 aliphatic carbocycles. The average Bonchev–Trinajstić information content (AvgIpc) is 3.33. The number of halogens is 2. The van der Waals surface area contributed by atoms with Crippen molar-refractivity contribution in [2.75, 3.05) is 5.32 Å². The number of hydrogen-bond acceptors (Lipinski definition) is 4. The van der Waals surface area contributed by atoms with Crippen molar-refractivity contribution in [2.45, 2.75) is 13.0 Å². The van der Waals surface area contributed by atoms with E-state index in [4.69, 9.17) is 0 Å². The Hall–Kier alpha value is -2.84. The lowest BCUT2D eigenvalue weighted by Gasteiger charge is -2.09. The summed E-state index contributed by atoms with van der Waals surface area (Å²) < 4.78 is 16.1. The predicted molar refractivity (Wildman–Crippen MR) is 115 cm³/mol. The lowest BCUT2D eigenvalue weighted by atomic mass is 10.2. The Kier molecular flexibility index (Phi) is 5.82. The van der Waals surface area contributed by atoms with Crippen molar-refractivity contribution in [3.05, 3.63) is 87.7 Å². The number of carbonyl (C=O) groups is 1. The number of thiazole rings is 1. The third-order valence-electron chi connectivity index (χ3n) is 4.19. The van der Waals surface area contributed by atoms with Gasteiger partial charge in [0.15, 0.2) is 0 Å². The molecule has 0 bridgehead atoms. The van der Waals surface area contributed by atoms with Gasteiger partial charge in [0, 0.05) is 21.5 Å². The zero-order valence-electron chi connectivity index (χ0n) is 15.2. The molecule has 4 rings (SSSR count). The maximum Gasteiger partial charge on any atom is 0.231 e. The van der Waals surface area contributed by atoms with Crippen LogP contribution in [0, 0.1) is 5.82 Å². The normalized spacial score (nSPS) is 10.8. The molecule has 8 heteroatoms. The molecule has 0 atom stereocenters. The number of nitrogens with one attached hydrogen (secondary N) is 1. The Morgan fingerprint density at radius 2 is 2.00 bits per heavy atom. The third kappa shape index (κ3) is 4.96. The first-order valence-electron chi connectivity index (χ1n) is 8.83. The molecular formula is C21H16BrFN4OS. The van der Waals surface area contributed by atoms with Crippen LogP contribution < -0.4 is 5.32 Å². The van der Waals surface area contributed by atoms with E-state index < -0.39 is 0 Å². The van der Waals surface area contributed by atoms with Gasteiger partial charge >= 0.3 is 0 Å². The van der Waals surface area contributed by atoms with Crippen LogP contribution in [-0.4, -0.2) is 20.7 Å². The van der Waals surface area contributed by atoms with Crippen molar-refractivity contribution in [2.24, 2.45) is 0 Å². The smallest absolute Gasteiger partial charge is 0.231 e. The second-order valence-electron chi connectivity index (χ2n) is 6.38. The van der Waals surface area contributed by atoms with Crippen molar-refractivity contribution in [1.82, 2.24) is 14.8 Å². The van der Waals surface area contributed by atoms with E-state index in [1.807, 2.05) is 29.6 Å². The largest absolute Gasteiger partial charge is 0.311 e. The molecule has 2 heterocycles. The zero-order valence-corrected chi connectivity index (χ0v) is 17.6. The van der Waals surface area contributed by atoms with E-state index in [0.717, 1.165) is 10.0 Å². The summed E-state index contributed by atoms with van der Waals surface area (Å²) in [6.07, 6.45) is 1.79. The van der Waals surface area contributed by atoms with Gasteiger partial charge in [-0.2, -0.15) is 5.10 Å². The minimum Gasteiger partial charge on any atom is -0.311 e. The predicted octanol–water partition coefficient (Wildman–Crippen LogP) is 5.14. The fourth-order valence-electron chi connectivity index (χ4n) is 2.82. The van der Waals surface area contributed by atoms with E-state index >= 15 is 0 Å². The van der Waals surface area contributed by atoms with E-state index in [0.29, 0.717) is 28.6 Å². The Morgan fingerprint density at radius 3 is 2.79 bits per heavy atom. The second-order valence-corrected chi connectivity index (χ2v) is 8.15. The highest BCUT2D eigenvalue weighted by Gasteiger charge is 2.12. The summed E-state index contributed by atoms with van der Waals surface area (Å²) in [5.41, 5.74) is 2.42. The van der Waals surface area contributed by atoms with Crippen LogP contribution in [0.4, 0.5) is 10.2 Å². The molecule has 0 unspecified atom stereocenters. The Balaban J connectivity index is 1.41. The zero-order chi connectivity index (χ0) is 20.2. The van der Waals surface area contributed by atoms with Crippen LogP contribution in [-0.2, 0) is 17.8 Å². The van der Waals surface area contributed by atoms with E-state index in [1.54, 1.807) is 29.1 Å². The van der Waals surface area contributed by atoms with Gasteiger partial charge in [0.2, 0.25) is 5.91 Å². The number of rotatable bonds is 6. The summed E-state index contributed by atoms with van der Waals surface area (Å²) >= 11 is 4.81. The van der Waals surface area contributed by atoms with Gasteiger partial charge < -0.3 is 5.32 Å². The fraction of sp³-hybridized carbons (Fsp3) is 0.0952. The summed E-state index contributed by atoms with van der Waals surface area (Å²) in [4.78, 5) is 16.9. The summed E-state index contributed by atoms with van der Waals surface area (Å²) in [6, 6.07) is 16.0. The topological polar surface area (TPSA) is 59.8 Å². The molecule has 1 amide bonds. The summed E-state index contributed by atoms with van der Waals surface area (Å²) in [5.74, 6) is 0.133. The molecule has 0 radical (unpaired) electrons. The van der Waals surface area contributed by atoms with Gasteiger partial charge in [0.25, 0.3) is 0 Å². The number of benzene rings is 2. The fourth-order valence-corrected chi connectivity index (χ4v) is 3.90. The van der Waals surface area contributed by atoms with Crippen molar-refractivity contribution < 1.29 is 9.18 Å². The number of amides is 1. The van der Waals surface area contributed by atoms with E-state index in [2.05, 4.69) is 31.3 Å². The van der Waals surface area contributed by atoms with E-state index in [-0.39, 0.29) is 18.1 Å². The van der Waals surface area contributed by atoms with Gasteiger partial charge in [0.1, 0.15) is 16.6 Å². The Labute approximate surface area is 179 Å². The molecule has 29 heavy (non-hydrogen) atoms. The molecule has 5 nitrogen and oxygen atoms in total. The number of carbonyl (C=O) groups excluding carboxylic acids is 1. The molecule has 0 spiro atoms. The molecule has 2 aromatic heterocycles. The molecule has 0 saturated carbocycles. The van der Waals surface area contributed by atoms with Crippen LogP contribution in [0.15, 0.2) is 70.6 Å². The molecule has 0 fully saturated rings. The number of aromatic nitrogens is 3. The van der Waals surface area contributed by atoms with Crippen LogP contribution in [0.2, 0.25) is 0 Å². The molecule has 2 aromatic carbocycles. The average molecular weight is 471 g/mol. The van der Waals surface area contributed by atoms with E-state index in [1.165, 1.54) is 23.5 Å². The second kappa shape index (κ2) is 8.67. The lowest BCUT2D eigenvalue weighted by Crippen LogP contribution is -2.18. The molecule has 0 aliphatic rings. The maximum absolute atomic E-state index is 13.4. The van der Waals surface area contributed by atoms with Crippen LogP contribution in [0.25, 0.3) is 10.6 Å². The van der Waals surface area contributed by atoms with Crippen LogP contribution in [0.3, 0.4) is 0 Å². The Morgan fingerprint density at radius 1 is 1.17 bits per heavy atom. The first-order valence-corrected chi connectivity index (χ1v) is 10.5. The standard InChI is InChI=1S/C21H16BrFN4OS/c22-16-6-4-14(5-7-16)12-27-19(8-9-24-27)26-20(28)11-18-13-29-21(25-18)15-2-1-3-17(23)10-15/h1-10,13H,11-12H2,(H,26,28). The van der Waals surface area contributed by atoms with Crippen LogP contribution in [0.5, 0.6) is 0 Å². The van der Waals surface area contributed by atoms with Gasteiger partial charge in [-0.15, -0.1) is 11.3 Å². The SMILES string of the molecule is O=C(Cc1csc(-c2cccc(F)c2)n1)Nc1ccnn1Cc1ccc(Br)cc1. The third-order valence-corrected chi connectivity index (χ3v) is 5.66. The summed E-state index contributed by atoms with van der Waals surface area (Å²) in [6.45, 7) is 0.552. The highest BCUT2D eigenvalue weighted by molar-refractivity contribution is 9.10. The van der Waals surface area contributed by atoms with Crippen LogP contribution >= 0.6 is 27.3 Å². The highest BCUT2D eigenvalue weighted by atomic mass is 79.9. The lowest BCUT2D eigenvalue weighted by molar-refractivity contribution is -0.115.